The second-order valence-corrected chi connectivity index (χ2v) is 2.80. The van der Waals surface area contributed by atoms with Crippen molar-refractivity contribution in [3.63, 3.8) is 0 Å². The maximum atomic E-state index is 12.5. The van der Waals surface area contributed by atoms with E-state index in [4.69, 9.17) is 0 Å². The molecule has 17 heavy (non-hydrogen) atoms. The third kappa shape index (κ3) is 2.49. The van der Waals surface area contributed by atoms with Crippen molar-refractivity contribution in [2.45, 2.75) is 6.18 Å². The lowest BCUT2D eigenvalue weighted by Crippen LogP contribution is -2.18. The van der Waals surface area contributed by atoms with Gasteiger partial charge in [-0.25, -0.2) is 4.79 Å². The molecule has 0 aliphatic rings. The summed E-state index contributed by atoms with van der Waals surface area (Å²) in [7, 11) is 0.819. The average Bonchev–Trinajstić information content (AvgIpc) is 2.25. The number of nitrogens with zero attached hydrogens (tertiary/aromatic N) is 2. The number of halogens is 3. The van der Waals surface area contributed by atoms with E-state index < -0.39 is 34.0 Å². The summed E-state index contributed by atoms with van der Waals surface area (Å²) in [5.74, 6) is -1.46. The summed E-state index contributed by atoms with van der Waals surface area (Å²) >= 11 is 0. The number of alkyl halides is 3. The predicted molar refractivity (Wildman–Crippen MR) is 47.2 cm³/mol. The van der Waals surface area contributed by atoms with Crippen molar-refractivity contribution in [1.29, 1.82) is 0 Å². The molecule has 0 amide bonds. The fourth-order valence-electron chi connectivity index (χ4n) is 1.12. The highest BCUT2D eigenvalue weighted by molar-refractivity contribution is 5.95. The van der Waals surface area contributed by atoms with Crippen LogP contribution in [0.3, 0.4) is 0 Å². The van der Waals surface area contributed by atoms with Gasteiger partial charge in [0.15, 0.2) is 11.3 Å². The Morgan fingerprint density at radius 3 is 2.53 bits per heavy atom. The number of carbonyl (C=O) groups excluding carboxylic acids is 1. The molecule has 92 valence electrons. The molecule has 0 saturated carbocycles. The highest BCUT2D eigenvalue weighted by Crippen LogP contribution is 2.34. The third-order valence-electron chi connectivity index (χ3n) is 1.78. The van der Waals surface area contributed by atoms with Crippen molar-refractivity contribution in [3.05, 3.63) is 33.6 Å². The number of methoxy groups -OCH3 is 1. The SMILES string of the molecule is COC(=O)c1c([N+](=O)[O-])ccnc1C(F)(F)F. The number of aromatic nitrogens is 1. The molecule has 0 N–H and O–H groups in total. The Bertz CT molecular complexity index is 472. The van der Waals surface area contributed by atoms with Gasteiger partial charge in [-0.1, -0.05) is 0 Å². The number of pyridine rings is 1. The van der Waals surface area contributed by atoms with Crippen LogP contribution in [-0.4, -0.2) is 23.0 Å². The van der Waals surface area contributed by atoms with Crippen molar-refractivity contribution in [2.24, 2.45) is 0 Å². The lowest BCUT2D eigenvalue weighted by Gasteiger charge is -2.09. The van der Waals surface area contributed by atoms with Gasteiger partial charge in [-0.3, -0.25) is 15.1 Å². The van der Waals surface area contributed by atoms with Gasteiger partial charge in [-0.2, -0.15) is 13.2 Å². The lowest BCUT2D eigenvalue weighted by molar-refractivity contribution is -0.385. The molecular weight excluding hydrogens is 245 g/mol. The first-order chi connectivity index (χ1) is 7.79. The first-order valence-electron chi connectivity index (χ1n) is 4.08. The minimum absolute atomic E-state index is 0.605. The first-order valence-corrected chi connectivity index (χ1v) is 4.08. The zero-order chi connectivity index (χ0) is 13.2. The van der Waals surface area contributed by atoms with Crippen LogP contribution in [0.25, 0.3) is 0 Å². The summed E-state index contributed by atoms with van der Waals surface area (Å²) in [6.45, 7) is 0. The molecule has 1 heterocycles. The fraction of sp³-hybridized carbons (Fsp3) is 0.250. The van der Waals surface area contributed by atoms with E-state index in [2.05, 4.69) is 9.72 Å². The Morgan fingerprint density at radius 2 is 2.12 bits per heavy atom. The average molecular weight is 250 g/mol. The molecule has 6 nitrogen and oxygen atoms in total. The van der Waals surface area contributed by atoms with Crippen LogP contribution in [0.4, 0.5) is 18.9 Å². The number of carbonyl (C=O) groups is 1. The second kappa shape index (κ2) is 4.36. The molecule has 1 rings (SSSR count). The molecule has 1 aromatic rings. The van der Waals surface area contributed by atoms with Crippen LogP contribution in [0.5, 0.6) is 0 Å². The molecule has 0 radical (unpaired) electrons. The molecule has 0 aromatic carbocycles. The van der Waals surface area contributed by atoms with Crippen LogP contribution in [0.2, 0.25) is 0 Å². The van der Waals surface area contributed by atoms with Gasteiger partial charge >= 0.3 is 12.1 Å². The van der Waals surface area contributed by atoms with E-state index in [1.807, 2.05) is 0 Å². The molecule has 1 aromatic heterocycles. The molecule has 0 spiro atoms. The van der Waals surface area contributed by atoms with E-state index in [0.717, 1.165) is 7.11 Å². The van der Waals surface area contributed by atoms with Crippen LogP contribution >= 0.6 is 0 Å². The van der Waals surface area contributed by atoms with Crippen LogP contribution in [0.15, 0.2) is 12.3 Å². The maximum absolute atomic E-state index is 12.5. The van der Waals surface area contributed by atoms with Gasteiger partial charge in [0.05, 0.1) is 12.0 Å². The van der Waals surface area contributed by atoms with Gasteiger partial charge < -0.3 is 4.74 Å². The number of rotatable bonds is 2. The monoisotopic (exact) mass is 250 g/mol. The van der Waals surface area contributed by atoms with Gasteiger partial charge in [0.25, 0.3) is 5.69 Å². The molecule has 0 fully saturated rings. The summed E-state index contributed by atoms with van der Waals surface area (Å²) in [5, 5.41) is 10.5. The quantitative estimate of drug-likeness (QED) is 0.454. The summed E-state index contributed by atoms with van der Waals surface area (Å²) in [6, 6.07) is 0.696. The lowest BCUT2D eigenvalue weighted by atomic mass is 10.1. The van der Waals surface area contributed by atoms with Crippen molar-refractivity contribution in [3.8, 4) is 0 Å². The van der Waals surface area contributed by atoms with Crippen molar-refractivity contribution in [2.75, 3.05) is 7.11 Å². The van der Waals surface area contributed by atoms with E-state index in [1.165, 1.54) is 0 Å². The maximum Gasteiger partial charge on any atom is 0.434 e. The van der Waals surface area contributed by atoms with Gasteiger partial charge in [-0.05, 0) is 0 Å². The zero-order valence-electron chi connectivity index (χ0n) is 8.32. The van der Waals surface area contributed by atoms with Crippen LogP contribution in [0.1, 0.15) is 16.1 Å². The molecule has 0 unspecified atom stereocenters. The number of esters is 1. The Labute approximate surface area is 92.2 Å². The minimum Gasteiger partial charge on any atom is -0.465 e. The highest BCUT2D eigenvalue weighted by atomic mass is 19.4. The van der Waals surface area contributed by atoms with Crippen LogP contribution in [0, 0.1) is 10.1 Å². The zero-order valence-corrected chi connectivity index (χ0v) is 8.32. The van der Waals surface area contributed by atoms with Crippen LogP contribution in [-0.2, 0) is 10.9 Å². The van der Waals surface area contributed by atoms with E-state index in [1.54, 1.807) is 0 Å². The van der Waals surface area contributed by atoms with E-state index >= 15 is 0 Å². The topological polar surface area (TPSA) is 82.3 Å². The molecule has 0 saturated heterocycles. The Balaban J connectivity index is 3.57. The predicted octanol–water partition coefficient (Wildman–Crippen LogP) is 1.80. The van der Waals surface area contributed by atoms with Gasteiger partial charge in [-0.15, -0.1) is 0 Å². The standard InChI is InChI=1S/C8H5F3N2O4/c1-17-7(14)5-4(13(15)16)2-3-12-6(5)8(9,10)11/h2-3H,1H3. The van der Waals surface area contributed by atoms with Crippen LogP contribution < -0.4 is 0 Å². The van der Waals surface area contributed by atoms with Crippen molar-refractivity contribution < 1.29 is 27.6 Å². The summed E-state index contributed by atoms with van der Waals surface area (Å²) < 4.78 is 41.6. The van der Waals surface area contributed by atoms with E-state index in [9.17, 15) is 28.1 Å². The number of hydrogen-bond acceptors (Lipinski definition) is 5. The minimum atomic E-state index is -4.98. The third-order valence-corrected chi connectivity index (χ3v) is 1.78. The number of ether oxygens (including phenoxy) is 1. The summed E-state index contributed by atoms with van der Waals surface area (Å²) in [4.78, 5) is 23.5. The summed E-state index contributed by atoms with van der Waals surface area (Å²) in [6.07, 6.45) is -4.37. The van der Waals surface area contributed by atoms with Gasteiger partial charge in [0.1, 0.15) is 0 Å². The Hall–Kier alpha value is -2.19. The normalized spacial score (nSPS) is 11.1. The molecule has 0 atom stereocenters. The number of hydrogen-bond donors (Lipinski definition) is 0. The highest BCUT2D eigenvalue weighted by Gasteiger charge is 2.41. The smallest absolute Gasteiger partial charge is 0.434 e. The van der Waals surface area contributed by atoms with Crippen molar-refractivity contribution in [1.82, 2.24) is 4.98 Å². The molecule has 0 aliphatic carbocycles. The molecular formula is C8H5F3N2O4. The first kappa shape index (κ1) is 12.9. The van der Waals surface area contributed by atoms with Crippen molar-refractivity contribution >= 4 is 11.7 Å². The molecule has 0 aliphatic heterocycles. The Morgan fingerprint density at radius 1 is 1.53 bits per heavy atom. The second-order valence-electron chi connectivity index (χ2n) is 2.80. The fourth-order valence-corrected chi connectivity index (χ4v) is 1.12. The molecule has 9 heteroatoms. The number of nitro groups is 1. The Kier molecular flexibility index (Phi) is 3.30. The van der Waals surface area contributed by atoms with Gasteiger partial charge in [0, 0.05) is 12.3 Å². The molecule has 0 bridgehead atoms. The van der Waals surface area contributed by atoms with Gasteiger partial charge in [0.2, 0.25) is 0 Å². The van der Waals surface area contributed by atoms with E-state index in [-0.39, 0.29) is 0 Å². The summed E-state index contributed by atoms with van der Waals surface area (Å²) in [5.41, 5.74) is -3.84. The largest absolute Gasteiger partial charge is 0.465 e. The van der Waals surface area contributed by atoms with E-state index in [0.29, 0.717) is 12.3 Å².